The van der Waals surface area contributed by atoms with E-state index in [4.69, 9.17) is 20.9 Å². The van der Waals surface area contributed by atoms with E-state index in [1.165, 1.54) is 12.1 Å². The van der Waals surface area contributed by atoms with Crippen LogP contribution in [0.3, 0.4) is 0 Å². The molecule has 2 aliphatic carbocycles. The van der Waals surface area contributed by atoms with E-state index in [0.29, 0.717) is 24.3 Å². The number of oxime groups is 1. The lowest BCUT2D eigenvalue weighted by Crippen LogP contribution is -2.46. The monoisotopic (exact) mass is 473 g/mol. The van der Waals surface area contributed by atoms with E-state index in [9.17, 15) is 19.7 Å². The number of furan rings is 1. The summed E-state index contributed by atoms with van der Waals surface area (Å²) in [5.41, 5.74) is -1.37. The lowest BCUT2D eigenvalue weighted by atomic mass is 9.64. The van der Waals surface area contributed by atoms with Gasteiger partial charge in [0.05, 0.1) is 34.4 Å². The van der Waals surface area contributed by atoms with Crippen LogP contribution in [-0.4, -0.2) is 22.5 Å². The number of hydrogen-bond acceptors (Lipinski definition) is 7. The fourth-order valence-corrected chi connectivity index (χ4v) is 5.39. The summed E-state index contributed by atoms with van der Waals surface area (Å²) in [6.45, 7) is 6.40. The molecule has 1 heterocycles. The average Bonchev–Trinajstić information content (AvgIpc) is 3.40. The van der Waals surface area contributed by atoms with Crippen LogP contribution in [0.4, 0.5) is 5.69 Å². The molecule has 1 aromatic heterocycles. The van der Waals surface area contributed by atoms with Crippen molar-refractivity contribution >= 4 is 34.9 Å². The molecule has 0 spiro atoms. The number of benzene rings is 1. The molecule has 174 valence electrons. The zero-order chi connectivity index (χ0) is 24.0. The smallest absolute Gasteiger partial charge is 0.365 e. The second kappa shape index (κ2) is 7.98. The molecule has 33 heavy (non-hydrogen) atoms. The van der Waals surface area contributed by atoms with Crippen molar-refractivity contribution in [2.45, 2.75) is 46.6 Å². The molecule has 9 nitrogen and oxygen atoms in total. The Hall–Kier alpha value is -3.20. The van der Waals surface area contributed by atoms with Gasteiger partial charge in [0.25, 0.3) is 5.69 Å². The van der Waals surface area contributed by atoms with Crippen LogP contribution in [0.1, 0.15) is 56.2 Å². The third-order valence-corrected chi connectivity index (χ3v) is 8.11. The van der Waals surface area contributed by atoms with Gasteiger partial charge < -0.3 is 14.6 Å². The van der Waals surface area contributed by atoms with Crippen molar-refractivity contribution in [2.75, 3.05) is 0 Å². The molecule has 1 amide bonds. The Morgan fingerprint density at radius 3 is 2.70 bits per heavy atom. The Balaban J connectivity index is 1.54. The van der Waals surface area contributed by atoms with Crippen molar-refractivity contribution in [1.82, 2.24) is 5.32 Å². The van der Waals surface area contributed by atoms with Crippen LogP contribution < -0.4 is 5.32 Å². The number of nitrogens with zero attached hydrogens (tertiary/aromatic N) is 2. The van der Waals surface area contributed by atoms with Gasteiger partial charge in [-0.05, 0) is 42.5 Å². The molecule has 2 fully saturated rings. The summed E-state index contributed by atoms with van der Waals surface area (Å²) in [4.78, 5) is 41.4. The van der Waals surface area contributed by atoms with E-state index < -0.39 is 27.1 Å². The SMILES string of the molecule is CC12CCC(C(=O)NCc3ccco3)(CC1=NOC(=O)c1ccc(Cl)c([N+](=O)[O-])c1)C2(C)C. The van der Waals surface area contributed by atoms with E-state index >= 15 is 0 Å². The number of hydrogen-bond donors (Lipinski definition) is 1. The van der Waals surface area contributed by atoms with Gasteiger partial charge in [-0.3, -0.25) is 14.9 Å². The molecule has 2 aromatic rings. The lowest BCUT2D eigenvalue weighted by Gasteiger charge is -2.39. The molecule has 0 saturated heterocycles. The third-order valence-electron chi connectivity index (χ3n) is 7.79. The Bertz CT molecular complexity index is 1160. The fourth-order valence-electron chi connectivity index (χ4n) is 5.20. The van der Waals surface area contributed by atoms with Gasteiger partial charge in [-0.1, -0.05) is 37.5 Å². The zero-order valence-corrected chi connectivity index (χ0v) is 19.3. The van der Waals surface area contributed by atoms with Crippen molar-refractivity contribution in [3.63, 3.8) is 0 Å². The zero-order valence-electron chi connectivity index (χ0n) is 18.5. The number of carbonyl (C=O) groups excluding carboxylic acids is 2. The predicted molar refractivity (Wildman–Crippen MR) is 120 cm³/mol. The third kappa shape index (κ3) is 3.51. The van der Waals surface area contributed by atoms with Gasteiger partial charge in [-0.2, -0.15) is 0 Å². The minimum absolute atomic E-state index is 0.0334. The van der Waals surface area contributed by atoms with Gasteiger partial charge in [0.2, 0.25) is 5.91 Å². The second-order valence-corrected chi connectivity index (χ2v) is 9.73. The van der Waals surface area contributed by atoms with Gasteiger partial charge in [-0.25, -0.2) is 4.79 Å². The Morgan fingerprint density at radius 2 is 2.03 bits per heavy atom. The molecule has 2 unspecified atom stereocenters. The van der Waals surface area contributed by atoms with Crippen molar-refractivity contribution in [2.24, 2.45) is 21.4 Å². The van der Waals surface area contributed by atoms with Gasteiger partial charge in [0.15, 0.2) is 0 Å². The summed E-state index contributed by atoms with van der Waals surface area (Å²) >= 11 is 5.81. The van der Waals surface area contributed by atoms with Crippen LogP contribution in [0, 0.1) is 26.4 Å². The summed E-state index contributed by atoms with van der Waals surface area (Å²) in [6.07, 6.45) is 3.32. The van der Waals surface area contributed by atoms with Crippen LogP contribution in [0.25, 0.3) is 0 Å². The van der Waals surface area contributed by atoms with Crippen LogP contribution in [0.5, 0.6) is 0 Å². The highest BCUT2D eigenvalue weighted by molar-refractivity contribution is 6.32. The standard InChI is InChI=1S/C23H24ClN3O6/c1-21(2)22(3)8-9-23(21,20(29)25-13-15-5-4-10-32-15)12-18(22)26-33-19(28)14-6-7-16(24)17(11-14)27(30)31/h4-7,10-11H,8-9,12-13H2,1-3H3,(H,25,29). The van der Waals surface area contributed by atoms with E-state index in [1.807, 2.05) is 20.8 Å². The molecule has 2 bridgehead atoms. The van der Waals surface area contributed by atoms with Gasteiger partial charge in [-0.15, -0.1) is 0 Å². The number of carbonyl (C=O) groups is 2. The van der Waals surface area contributed by atoms with Crippen LogP contribution in [0.15, 0.2) is 46.2 Å². The molecule has 0 radical (unpaired) electrons. The molecule has 2 saturated carbocycles. The first kappa shape index (κ1) is 23.0. The normalized spacial score (nSPS) is 26.4. The lowest BCUT2D eigenvalue weighted by molar-refractivity contribution is -0.384. The number of halogens is 1. The number of fused-ring (bicyclic) bond motifs is 2. The molecule has 2 atom stereocenters. The van der Waals surface area contributed by atoms with E-state index in [2.05, 4.69) is 10.5 Å². The first-order chi connectivity index (χ1) is 15.5. The highest BCUT2D eigenvalue weighted by Crippen LogP contribution is 2.71. The van der Waals surface area contributed by atoms with E-state index in [-0.39, 0.29) is 28.7 Å². The van der Waals surface area contributed by atoms with Crippen molar-refractivity contribution in [1.29, 1.82) is 0 Å². The largest absolute Gasteiger partial charge is 0.467 e. The quantitative estimate of drug-likeness (QED) is 0.362. The number of nitrogens with one attached hydrogen (secondary N) is 1. The Morgan fingerprint density at radius 1 is 1.27 bits per heavy atom. The number of amides is 1. The maximum absolute atomic E-state index is 13.3. The Kier molecular flexibility index (Phi) is 5.56. The average molecular weight is 474 g/mol. The summed E-state index contributed by atoms with van der Waals surface area (Å²) in [6, 6.07) is 7.22. The summed E-state index contributed by atoms with van der Waals surface area (Å²) in [5.74, 6) is -0.253. The van der Waals surface area contributed by atoms with Gasteiger partial charge >= 0.3 is 5.97 Å². The maximum Gasteiger partial charge on any atom is 0.365 e. The number of rotatable bonds is 6. The summed E-state index contributed by atoms with van der Waals surface area (Å²) in [5, 5.41) is 18.1. The van der Waals surface area contributed by atoms with Crippen molar-refractivity contribution in [3.05, 3.63) is 63.1 Å². The molecule has 10 heteroatoms. The Labute approximate surface area is 195 Å². The first-order valence-corrected chi connectivity index (χ1v) is 10.9. The maximum atomic E-state index is 13.3. The van der Waals surface area contributed by atoms with Crippen LogP contribution >= 0.6 is 11.6 Å². The van der Waals surface area contributed by atoms with E-state index in [1.54, 1.807) is 18.4 Å². The summed E-state index contributed by atoms with van der Waals surface area (Å²) in [7, 11) is 0. The van der Waals surface area contributed by atoms with Crippen LogP contribution in [-0.2, 0) is 16.2 Å². The van der Waals surface area contributed by atoms with E-state index in [0.717, 1.165) is 12.5 Å². The highest BCUT2D eigenvalue weighted by atomic mass is 35.5. The molecule has 2 aliphatic rings. The summed E-state index contributed by atoms with van der Waals surface area (Å²) < 4.78 is 5.31. The molecule has 1 aromatic carbocycles. The number of nitro groups is 1. The molecule has 4 rings (SSSR count). The first-order valence-electron chi connectivity index (χ1n) is 10.6. The van der Waals surface area contributed by atoms with Crippen molar-refractivity contribution in [3.8, 4) is 0 Å². The predicted octanol–water partition coefficient (Wildman–Crippen LogP) is 4.89. The molecule has 0 aliphatic heterocycles. The van der Waals surface area contributed by atoms with Crippen LogP contribution in [0.2, 0.25) is 5.02 Å². The minimum atomic E-state index is -0.831. The van der Waals surface area contributed by atoms with Crippen molar-refractivity contribution < 1.29 is 23.8 Å². The molecular formula is C23H24ClN3O6. The molecular weight excluding hydrogens is 450 g/mol. The second-order valence-electron chi connectivity index (χ2n) is 9.32. The van der Waals surface area contributed by atoms with Gasteiger partial charge in [0, 0.05) is 17.9 Å². The van der Waals surface area contributed by atoms with Gasteiger partial charge in [0.1, 0.15) is 10.8 Å². The highest BCUT2D eigenvalue weighted by Gasteiger charge is 2.71. The molecule has 1 N–H and O–H groups in total. The minimum Gasteiger partial charge on any atom is -0.467 e. The fraction of sp³-hybridized carbons (Fsp3) is 0.435. The topological polar surface area (TPSA) is 124 Å². The number of nitro benzene ring substituents is 1.